The molecule has 98 valence electrons. The van der Waals surface area contributed by atoms with Gasteiger partial charge in [-0.3, -0.25) is 4.98 Å². The van der Waals surface area contributed by atoms with Gasteiger partial charge in [-0.25, -0.2) is 4.39 Å². The first-order valence-corrected chi connectivity index (χ1v) is 6.64. The van der Waals surface area contributed by atoms with E-state index in [0.717, 1.165) is 12.8 Å². The van der Waals surface area contributed by atoms with Crippen LogP contribution >= 0.6 is 0 Å². The largest absolute Gasteiger partial charge is 0.385 e. The predicted molar refractivity (Wildman–Crippen MR) is 66.5 cm³/mol. The van der Waals surface area contributed by atoms with Crippen molar-refractivity contribution in [1.82, 2.24) is 9.88 Å². The lowest BCUT2D eigenvalue weighted by atomic mass is 9.73. The minimum atomic E-state index is -1.02. The third kappa shape index (κ3) is 1.84. The third-order valence-electron chi connectivity index (χ3n) is 4.65. The maximum Gasteiger partial charge on any atom is 0.147 e. The van der Waals surface area contributed by atoms with Gasteiger partial charge in [0, 0.05) is 23.8 Å². The summed E-state index contributed by atoms with van der Waals surface area (Å²) in [7, 11) is 2.12. The molecule has 2 unspecified atom stereocenters. The van der Waals surface area contributed by atoms with Crippen molar-refractivity contribution in [3.05, 3.63) is 29.8 Å². The Bertz CT molecular complexity index is 437. The molecule has 0 spiro atoms. The Labute approximate surface area is 107 Å². The molecule has 0 saturated carbocycles. The molecule has 2 bridgehead atoms. The fourth-order valence-corrected chi connectivity index (χ4v) is 3.62. The number of fused-ring (bicyclic) bond motifs is 2. The second kappa shape index (κ2) is 4.28. The smallest absolute Gasteiger partial charge is 0.147 e. The van der Waals surface area contributed by atoms with Crippen LogP contribution in [0.3, 0.4) is 0 Å². The monoisotopic (exact) mass is 250 g/mol. The highest BCUT2D eigenvalue weighted by atomic mass is 19.1. The van der Waals surface area contributed by atoms with Gasteiger partial charge in [-0.2, -0.15) is 0 Å². The molecule has 1 aromatic rings. The van der Waals surface area contributed by atoms with E-state index >= 15 is 0 Å². The summed E-state index contributed by atoms with van der Waals surface area (Å²) >= 11 is 0. The van der Waals surface area contributed by atoms with Gasteiger partial charge in [-0.05, 0) is 38.8 Å². The summed E-state index contributed by atoms with van der Waals surface area (Å²) in [4.78, 5) is 6.12. The van der Waals surface area contributed by atoms with Gasteiger partial charge in [0.25, 0.3) is 0 Å². The van der Waals surface area contributed by atoms with E-state index < -0.39 is 5.60 Å². The molecule has 3 heterocycles. The number of rotatable bonds is 1. The van der Waals surface area contributed by atoms with Crippen molar-refractivity contribution >= 4 is 0 Å². The first-order valence-electron chi connectivity index (χ1n) is 6.64. The topological polar surface area (TPSA) is 36.4 Å². The Morgan fingerprint density at radius 1 is 1.39 bits per heavy atom. The lowest BCUT2D eigenvalue weighted by Gasteiger charge is -2.50. The van der Waals surface area contributed by atoms with E-state index in [1.165, 1.54) is 12.6 Å². The second-order valence-electron chi connectivity index (χ2n) is 5.70. The van der Waals surface area contributed by atoms with Gasteiger partial charge in [0.2, 0.25) is 0 Å². The maximum absolute atomic E-state index is 13.9. The molecule has 0 aliphatic carbocycles. The van der Waals surface area contributed by atoms with Crippen LogP contribution in [-0.2, 0) is 5.60 Å². The van der Waals surface area contributed by atoms with Crippen LogP contribution in [0.4, 0.5) is 4.39 Å². The minimum Gasteiger partial charge on any atom is -0.385 e. The van der Waals surface area contributed by atoms with Crippen molar-refractivity contribution < 1.29 is 9.50 Å². The van der Waals surface area contributed by atoms with E-state index in [1.807, 2.05) is 0 Å². The van der Waals surface area contributed by atoms with E-state index in [9.17, 15) is 9.50 Å². The standard InChI is InChI=1S/C14H19FN2O/c1-17-10-3-2-4-11(17)8-14(18,7-10)12-5-6-16-9-13(12)15/h5-6,9-11,18H,2-4,7-8H2,1H3. The summed E-state index contributed by atoms with van der Waals surface area (Å²) in [6.45, 7) is 0. The van der Waals surface area contributed by atoms with Crippen LogP contribution in [0.5, 0.6) is 0 Å². The highest BCUT2D eigenvalue weighted by Crippen LogP contribution is 2.43. The zero-order valence-corrected chi connectivity index (χ0v) is 10.6. The minimum absolute atomic E-state index is 0.370. The molecular weight excluding hydrogens is 231 g/mol. The molecular formula is C14H19FN2O. The molecule has 0 aromatic carbocycles. The fourth-order valence-electron chi connectivity index (χ4n) is 3.62. The molecule has 2 saturated heterocycles. The molecule has 2 fully saturated rings. The molecule has 18 heavy (non-hydrogen) atoms. The first kappa shape index (κ1) is 12.1. The van der Waals surface area contributed by atoms with E-state index in [4.69, 9.17) is 0 Å². The lowest BCUT2D eigenvalue weighted by Crippen LogP contribution is -2.55. The summed E-state index contributed by atoms with van der Waals surface area (Å²) in [6.07, 6.45) is 7.42. The summed E-state index contributed by atoms with van der Waals surface area (Å²) in [5.41, 5.74) is -0.600. The number of aromatic nitrogens is 1. The summed E-state index contributed by atoms with van der Waals surface area (Å²) in [5, 5.41) is 10.9. The van der Waals surface area contributed by atoms with Gasteiger partial charge < -0.3 is 10.0 Å². The van der Waals surface area contributed by atoms with Crippen LogP contribution in [0.25, 0.3) is 0 Å². The van der Waals surface area contributed by atoms with Crippen molar-refractivity contribution in [2.45, 2.75) is 49.8 Å². The Kier molecular flexibility index (Phi) is 2.87. The van der Waals surface area contributed by atoms with Gasteiger partial charge in [-0.1, -0.05) is 6.42 Å². The second-order valence-corrected chi connectivity index (χ2v) is 5.70. The molecule has 3 nitrogen and oxygen atoms in total. The molecule has 1 aromatic heterocycles. The first-order chi connectivity index (χ1) is 8.60. The molecule has 4 heteroatoms. The van der Waals surface area contributed by atoms with Crippen LogP contribution in [0.2, 0.25) is 0 Å². The number of pyridine rings is 1. The summed E-state index contributed by atoms with van der Waals surface area (Å²) in [5.74, 6) is -0.386. The summed E-state index contributed by atoms with van der Waals surface area (Å²) in [6, 6.07) is 2.36. The maximum atomic E-state index is 13.9. The average molecular weight is 250 g/mol. The third-order valence-corrected chi connectivity index (χ3v) is 4.65. The van der Waals surface area contributed by atoms with Gasteiger partial charge in [-0.15, -0.1) is 0 Å². The van der Waals surface area contributed by atoms with E-state index in [0.29, 0.717) is 30.5 Å². The van der Waals surface area contributed by atoms with Crippen LogP contribution in [0, 0.1) is 5.82 Å². The summed E-state index contributed by atoms with van der Waals surface area (Å²) < 4.78 is 13.9. The Morgan fingerprint density at radius 3 is 2.67 bits per heavy atom. The Morgan fingerprint density at radius 2 is 2.06 bits per heavy atom. The Balaban J connectivity index is 1.94. The van der Waals surface area contributed by atoms with E-state index in [1.54, 1.807) is 12.3 Å². The number of halogens is 1. The number of nitrogens with zero attached hydrogens (tertiary/aromatic N) is 2. The highest BCUT2D eigenvalue weighted by molar-refractivity contribution is 5.23. The number of aliphatic hydroxyl groups is 1. The molecule has 2 aliphatic rings. The molecule has 1 N–H and O–H groups in total. The highest BCUT2D eigenvalue weighted by Gasteiger charge is 2.45. The zero-order valence-electron chi connectivity index (χ0n) is 10.6. The molecule has 0 amide bonds. The van der Waals surface area contributed by atoms with Crippen molar-refractivity contribution in [3.8, 4) is 0 Å². The number of hydrogen-bond acceptors (Lipinski definition) is 3. The Hall–Kier alpha value is -1.00. The fraction of sp³-hybridized carbons (Fsp3) is 0.643. The van der Waals surface area contributed by atoms with Gasteiger partial charge in [0.05, 0.1) is 11.8 Å². The van der Waals surface area contributed by atoms with Crippen molar-refractivity contribution in [2.75, 3.05) is 7.05 Å². The quantitative estimate of drug-likeness (QED) is 0.828. The van der Waals surface area contributed by atoms with Gasteiger partial charge in [0.1, 0.15) is 5.82 Å². The van der Waals surface area contributed by atoms with Gasteiger partial charge in [0.15, 0.2) is 0 Å². The number of piperidine rings is 2. The molecule has 0 radical (unpaired) electrons. The van der Waals surface area contributed by atoms with Crippen molar-refractivity contribution in [3.63, 3.8) is 0 Å². The van der Waals surface area contributed by atoms with Crippen molar-refractivity contribution in [1.29, 1.82) is 0 Å². The zero-order chi connectivity index (χ0) is 12.8. The van der Waals surface area contributed by atoms with Crippen LogP contribution in [-0.4, -0.2) is 34.1 Å². The van der Waals surface area contributed by atoms with Crippen LogP contribution < -0.4 is 0 Å². The van der Waals surface area contributed by atoms with Crippen molar-refractivity contribution in [2.24, 2.45) is 0 Å². The number of hydrogen-bond donors (Lipinski definition) is 1. The van der Waals surface area contributed by atoms with Crippen LogP contribution in [0.1, 0.15) is 37.7 Å². The SMILES string of the molecule is CN1C2CCCC1CC(O)(c1ccncc1F)C2. The molecule has 3 rings (SSSR count). The lowest BCUT2D eigenvalue weighted by molar-refractivity contribution is -0.0892. The van der Waals surface area contributed by atoms with E-state index in [-0.39, 0.29) is 5.82 Å². The van der Waals surface area contributed by atoms with Crippen LogP contribution in [0.15, 0.2) is 18.5 Å². The molecule has 2 aliphatic heterocycles. The predicted octanol–water partition coefficient (Wildman–Crippen LogP) is 2.06. The average Bonchev–Trinajstić information content (AvgIpc) is 2.32. The van der Waals surface area contributed by atoms with Gasteiger partial charge >= 0.3 is 0 Å². The van der Waals surface area contributed by atoms with E-state index in [2.05, 4.69) is 16.9 Å². The normalized spacial score (nSPS) is 36.6. The molecule has 2 atom stereocenters.